The van der Waals surface area contributed by atoms with E-state index in [1.165, 1.54) is 28.5 Å². The fourth-order valence-electron chi connectivity index (χ4n) is 2.42. The van der Waals surface area contributed by atoms with Crippen LogP contribution >= 0.6 is 11.8 Å². The monoisotopic (exact) mass is 340 g/mol. The van der Waals surface area contributed by atoms with Crippen LogP contribution in [-0.2, 0) is 16.6 Å². The molecular formula is C22H28OS. The van der Waals surface area contributed by atoms with Crippen LogP contribution in [0.15, 0.2) is 48.5 Å². The minimum absolute atomic E-state index is 0.0282. The summed E-state index contributed by atoms with van der Waals surface area (Å²) in [5.41, 5.74) is 4.49. The molecule has 2 rings (SSSR count). The minimum atomic E-state index is 0.0282. The van der Waals surface area contributed by atoms with Gasteiger partial charge in [-0.25, -0.2) is 0 Å². The van der Waals surface area contributed by atoms with Crippen LogP contribution in [0, 0.1) is 0 Å². The van der Waals surface area contributed by atoms with Crippen molar-refractivity contribution < 1.29 is 4.79 Å². The highest BCUT2D eigenvalue weighted by atomic mass is 32.2. The summed E-state index contributed by atoms with van der Waals surface area (Å²) in [7, 11) is 0. The van der Waals surface area contributed by atoms with Crippen molar-refractivity contribution >= 4 is 16.9 Å². The van der Waals surface area contributed by atoms with Gasteiger partial charge in [0.05, 0.1) is 0 Å². The first-order chi connectivity index (χ1) is 11.1. The molecule has 0 aliphatic carbocycles. The lowest BCUT2D eigenvalue weighted by molar-refractivity contribution is 0.108. The molecule has 0 atom stereocenters. The van der Waals surface area contributed by atoms with E-state index >= 15 is 0 Å². The van der Waals surface area contributed by atoms with E-state index in [0.29, 0.717) is 5.75 Å². The Kier molecular flexibility index (Phi) is 5.59. The molecule has 0 aromatic heterocycles. The number of benzene rings is 2. The Labute approximate surface area is 150 Å². The number of hydrogen-bond acceptors (Lipinski definition) is 2. The molecule has 0 fully saturated rings. The van der Waals surface area contributed by atoms with E-state index in [2.05, 4.69) is 71.9 Å². The Hall–Kier alpha value is -1.54. The maximum absolute atomic E-state index is 12.7. The fraction of sp³-hybridized carbons (Fsp3) is 0.409. The summed E-state index contributed by atoms with van der Waals surface area (Å²) in [6.45, 7) is 13.2. The van der Waals surface area contributed by atoms with Crippen LogP contribution in [0.5, 0.6) is 0 Å². The molecule has 0 unspecified atom stereocenters. The smallest absolute Gasteiger partial charge is 0.219 e. The molecule has 0 saturated carbocycles. The fourth-order valence-corrected chi connectivity index (χ4v) is 3.19. The highest BCUT2D eigenvalue weighted by Crippen LogP contribution is 2.31. The van der Waals surface area contributed by atoms with Crippen LogP contribution in [0.4, 0.5) is 0 Å². The lowest BCUT2D eigenvalue weighted by Crippen LogP contribution is -2.17. The molecule has 0 N–H and O–H groups in total. The van der Waals surface area contributed by atoms with Crippen LogP contribution < -0.4 is 0 Å². The van der Waals surface area contributed by atoms with E-state index in [1.807, 2.05) is 18.2 Å². The van der Waals surface area contributed by atoms with Crippen LogP contribution in [0.1, 0.15) is 68.6 Å². The molecule has 0 spiro atoms. The molecule has 0 heterocycles. The zero-order valence-electron chi connectivity index (χ0n) is 15.6. The summed E-state index contributed by atoms with van der Waals surface area (Å²) in [4.78, 5) is 12.7. The Bertz CT molecular complexity index is 671. The van der Waals surface area contributed by atoms with E-state index in [-0.39, 0.29) is 15.9 Å². The van der Waals surface area contributed by atoms with Crippen LogP contribution in [0.2, 0.25) is 0 Å². The second-order valence-corrected chi connectivity index (χ2v) is 9.31. The topological polar surface area (TPSA) is 17.1 Å². The van der Waals surface area contributed by atoms with Crippen molar-refractivity contribution in [1.82, 2.24) is 0 Å². The Morgan fingerprint density at radius 2 is 1.33 bits per heavy atom. The molecular weight excluding hydrogens is 312 g/mol. The number of carbonyl (C=O) groups excluding carboxylic acids is 1. The first-order valence-electron chi connectivity index (χ1n) is 8.44. The van der Waals surface area contributed by atoms with Crippen molar-refractivity contribution in [3.63, 3.8) is 0 Å². The van der Waals surface area contributed by atoms with E-state index in [4.69, 9.17) is 0 Å². The van der Waals surface area contributed by atoms with Gasteiger partial charge in [0.25, 0.3) is 0 Å². The average molecular weight is 341 g/mol. The zero-order chi connectivity index (χ0) is 18.0. The van der Waals surface area contributed by atoms with Crippen molar-refractivity contribution in [2.75, 3.05) is 0 Å². The van der Waals surface area contributed by atoms with E-state index in [1.54, 1.807) is 0 Å². The molecule has 0 saturated heterocycles. The summed E-state index contributed by atoms with van der Waals surface area (Å²) in [5, 5.41) is 0.149. The Balaban J connectivity index is 2.29. The maximum atomic E-state index is 12.7. The second kappa shape index (κ2) is 7.14. The van der Waals surface area contributed by atoms with Gasteiger partial charge in [0.1, 0.15) is 0 Å². The molecule has 2 aromatic rings. The SMILES string of the molecule is CC(C)(C)c1cc(C(=O)SCc2ccccc2)cc(C(C)(C)C)c1. The van der Waals surface area contributed by atoms with Crippen LogP contribution in [0.25, 0.3) is 0 Å². The molecule has 24 heavy (non-hydrogen) atoms. The highest BCUT2D eigenvalue weighted by Gasteiger charge is 2.22. The lowest BCUT2D eigenvalue weighted by atomic mass is 9.80. The van der Waals surface area contributed by atoms with E-state index < -0.39 is 0 Å². The molecule has 0 radical (unpaired) electrons. The third-order valence-corrected chi connectivity index (χ3v) is 5.09. The lowest BCUT2D eigenvalue weighted by Gasteiger charge is -2.26. The Morgan fingerprint density at radius 1 is 0.833 bits per heavy atom. The number of hydrogen-bond donors (Lipinski definition) is 0. The van der Waals surface area contributed by atoms with Gasteiger partial charge in [0.15, 0.2) is 0 Å². The number of rotatable bonds is 3. The average Bonchev–Trinajstić information content (AvgIpc) is 2.51. The molecule has 0 aliphatic rings. The largest absolute Gasteiger partial charge is 0.282 e. The molecule has 0 aliphatic heterocycles. The zero-order valence-corrected chi connectivity index (χ0v) is 16.5. The second-order valence-electron chi connectivity index (χ2n) is 8.36. The van der Waals surface area contributed by atoms with Gasteiger partial charge in [0.2, 0.25) is 5.12 Å². The molecule has 1 nitrogen and oxygen atoms in total. The summed E-state index contributed by atoms with van der Waals surface area (Å²) in [6.07, 6.45) is 0. The van der Waals surface area contributed by atoms with Gasteiger partial charge in [-0.3, -0.25) is 4.79 Å². The third-order valence-electron chi connectivity index (χ3n) is 4.11. The summed E-state index contributed by atoms with van der Waals surface area (Å²) >= 11 is 1.38. The first-order valence-corrected chi connectivity index (χ1v) is 9.43. The number of carbonyl (C=O) groups is 1. The quantitative estimate of drug-likeness (QED) is 0.647. The minimum Gasteiger partial charge on any atom is -0.282 e. The predicted octanol–water partition coefficient (Wildman–Crippen LogP) is 6.36. The summed E-state index contributed by atoms with van der Waals surface area (Å²) in [5.74, 6) is 0.713. The van der Waals surface area contributed by atoms with Gasteiger partial charge in [0, 0.05) is 11.3 Å². The van der Waals surface area contributed by atoms with Gasteiger partial charge >= 0.3 is 0 Å². The van der Waals surface area contributed by atoms with Gasteiger partial charge in [-0.15, -0.1) is 0 Å². The highest BCUT2D eigenvalue weighted by molar-refractivity contribution is 8.13. The molecule has 2 aromatic carbocycles. The molecule has 128 valence electrons. The standard InChI is InChI=1S/C22H28OS/c1-21(2,3)18-12-17(13-19(14-18)22(4,5)6)20(23)24-15-16-10-8-7-9-11-16/h7-14H,15H2,1-6H3. The third kappa shape index (κ3) is 4.98. The first kappa shape index (κ1) is 18.8. The summed E-state index contributed by atoms with van der Waals surface area (Å²) < 4.78 is 0. The molecule has 2 heteroatoms. The molecule has 0 bridgehead atoms. The summed E-state index contributed by atoms with van der Waals surface area (Å²) in [6, 6.07) is 16.5. The van der Waals surface area contributed by atoms with Crippen LogP contribution in [-0.4, -0.2) is 5.12 Å². The van der Waals surface area contributed by atoms with Crippen molar-refractivity contribution in [1.29, 1.82) is 0 Å². The van der Waals surface area contributed by atoms with Crippen LogP contribution in [0.3, 0.4) is 0 Å². The number of thioether (sulfide) groups is 1. The van der Waals surface area contributed by atoms with Gasteiger partial charge < -0.3 is 0 Å². The van der Waals surface area contributed by atoms with Crippen molar-refractivity contribution in [2.45, 2.75) is 58.1 Å². The normalized spacial score (nSPS) is 12.2. The Morgan fingerprint density at radius 3 is 1.79 bits per heavy atom. The molecule has 0 amide bonds. The van der Waals surface area contributed by atoms with E-state index in [9.17, 15) is 4.79 Å². The van der Waals surface area contributed by atoms with Gasteiger partial charge in [-0.05, 0) is 39.7 Å². The van der Waals surface area contributed by atoms with E-state index in [0.717, 1.165) is 5.56 Å². The van der Waals surface area contributed by atoms with Crippen molar-refractivity contribution in [3.8, 4) is 0 Å². The van der Waals surface area contributed by atoms with Crippen molar-refractivity contribution in [2.24, 2.45) is 0 Å². The van der Waals surface area contributed by atoms with Gasteiger partial charge in [-0.2, -0.15) is 0 Å². The van der Waals surface area contributed by atoms with Crippen molar-refractivity contribution in [3.05, 3.63) is 70.8 Å². The maximum Gasteiger partial charge on any atom is 0.219 e. The van der Waals surface area contributed by atoms with Gasteiger partial charge in [-0.1, -0.05) is 89.7 Å². The predicted molar refractivity (Wildman–Crippen MR) is 106 cm³/mol.